The van der Waals surface area contributed by atoms with E-state index in [9.17, 15) is 4.79 Å². The first-order chi connectivity index (χ1) is 13.3. The lowest BCUT2D eigenvalue weighted by Gasteiger charge is -2.32. The minimum absolute atomic E-state index is 0.183. The van der Waals surface area contributed by atoms with Gasteiger partial charge in [-0.1, -0.05) is 24.1 Å². The zero-order valence-electron chi connectivity index (χ0n) is 15.3. The van der Waals surface area contributed by atoms with Crippen LogP contribution in [0.3, 0.4) is 0 Å². The maximum atomic E-state index is 12.7. The normalized spacial score (nSPS) is 20.7. The lowest BCUT2D eigenvalue weighted by molar-refractivity contribution is -0.129. The predicted molar refractivity (Wildman–Crippen MR) is 98.7 cm³/mol. The molecule has 0 bridgehead atoms. The second kappa shape index (κ2) is 8.36. The highest BCUT2D eigenvalue weighted by Gasteiger charge is 2.32. The number of hydrogen-bond acceptors (Lipinski definition) is 5. The molecule has 0 N–H and O–H groups in total. The molecule has 4 rings (SSSR count). The van der Waals surface area contributed by atoms with Crippen molar-refractivity contribution in [3.05, 3.63) is 47.7 Å². The van der Waals surface area contributed by atoms with E-state index in [0.717, 1.165) is 50.9 Å². The van der Waals surface area contributed by atoms with E-state index in [1.807, 2.05) is 30.3 Å². The minimum atomic E-state index is -0.186. The number of rotatable bonds is 2. The van der Waals surface area contributed by atoms with Crippen LogP contribution in [0.4, 0.5) is 0 Å². The molecule has 0 aliphatic carbocycles. The zero-order chi connectivity index (χ0) is 18.5. The summed E-state index contributed by atoms with van der Waals surface area (Å²) in [6.45, 7) is 2.12. The third-order valence-corrected chi connectivity index (χ3v) is 5.16. The quantitative estimate of drug-likeness (QED) is 0.765. The Balaban J connectivity index is 1.50. The van der Waals surface area contributed by atoms with E-state index < -0.39 is 0 Å². The number of likely N-dealkylation sites (tertiary alicyclic amines) is 1. The maximum absolute atomic E-state index is 12.7. The fourth-order valence-electron chi connectivity index (χ4n) is 3.64. The molecule has 1 amide bonds. The summed E-state index contributed by atoms with van der Waals surface area (Å²) in [6, 6.07) is 9.36. The van der Waals surface area contributed by atoms with Gasteiger partial charge in [0.2, 0.25) is 11.8 Å². The summed E-state index contributed by atoms with van der Waals surface area (Å²) in [5.41, 5.74) is 0.832. The molecule has 27 heavy (non-hydrogen) atoms. The van der Waals surface area contributed by atoms with Crippen molar-refractivity contribution >= 4 is 5.91 Å². The van der Waals surface area contributed by atoms with E-state index >= 15 is 0 Å². The van der Waals surface area contributed by atoms with Crippen LogP contribution in [0.2, 0.25) is 0 Å². The Bertz CT molecular complexity index is 831. The largest absolute Gasteiger partial charge is 0.423 e. The van der Waals surface area contributed by atoms with Gasteiger partial charge in [0.05, 0.1) is 0 Å². The van der Waals surface area contributed by atoms with Gasteiger partial charge < -0.3 is 14.1 Å². The highest BCUT2D eigenvalue weighted by atomic mass is 16.5. The molecule has 1 aromatic heterocycles. The first kappa shape index (κ1) is 17.7. The first-order valence-corrected chi connectivity index (χ1v) is 9.60. The average Bonchev–Trinajstić information content (AvgIpc) is 3.23. The summed E-state index contributed by atoms with van der Waals surface area (Å²) in [5.74, 6) is 6.99. The van der Waals surface area contributed by atoms with Gasteiger partial charge in [-0.3, -0.25) is 4.79 Å². The maximum Gasteiger partial charge on any atom is 0.299 e. The van der Waals surface area contributed by atoms with Gasteiger partial charge in [-0.05, 0) is 44.2 Å². The van der Waals surface area contributed by atoms with E-state index in [1.54, 1.807) is 4.90 Å². The molecule has 0 unspecified atom stereocenters. The van der Waals surface area contributed by atoms with Crippen LogP contribution in [0.15, 0.2) is 34.7 Å². The van der Waals surface area contributed by atoms with Crippen molar-refractivity contribution in [3.8, 4) is 11.8 Å². The van der Waals surface area contributed by atoms with Crippen molar-refractivity contribution in [2.24, 2.45) is 0 Å². The Morgan fingerprint density at radius 2 is 1.81 bits per heavy atom. The molecule has 6 nitrogen and oxygen atoms in total. The predicted octanol–water partition coefficient (Wildman–Crippen LogP) is 3.07. The molecule has 1 atom stereocenters. The van der Waals surface area contributed by atoms with Crippen LogP contribution in [0, 0.1) is 11.8 Å². The van der Waals surface area contributed by atoms with Crippen molar-refractivity contribution in [1.29, 1.82) is 0 Å². The summed E-state index contributed by atoms with van der Waals surface area (Å²) in [6.07, 6.45) is 4.63. The van der Waals surface area contributed by atoms with Gasteiger partial charge in [0, 0.05) is 37.2 Å². The number of ether oxygens (including phenoxy) is 1. The van der Waals surface area contributed by atoms with Crippen LogP contribution in [0.5, 0.6) is 0 Å². The van der Waals surface area contributed by atoms with Crippen LogP contribution in [-0.2, 0) is 9.53 Å². The molecule has 2 aliphatic heterocycles. The van der Waals surface area contributed by atoms with Crippen molar-refractivity contribution in [1.82, 2.24) is 15.1 Å². The number of carbonyl (C=O) groups excluding carboxylic acids is 1. The van der Waals surface area contributed by atoms with Crippen molar-refractivity contribution in [2.45, 2.75) is 44.1 Å². The standard InChI is InChI=1S/C21H23N3O3/c25-19(10-9-16-6-2-1-3-7-16)24-13-5-4-8-18(24)21-23-22-20(27-21)17-11-14-26-15-12-17/h1-3,6-7,17-18H,4-5,8,11-15H2/t18-/m1/s1. The Hall–Kier alpha value is -2.65. The van der Waals surface area contributed by atoms with Gasteiger partial charge in [0.1, 0.15) is 6.04 Å². The summed E-state index contributed by atoms with van der Waals surface area (Å²) < 4.78 is 11.4. The number of hydrogen-bond donors (Lipinski definition) is 0. The Morgan fingerprint density at radius 3 is 2.63 bits per heavy atom. The number of nitrogens with zero attached hydrogens (tertiary/aromatic N) is 3. The van der Waals surface area contributed by atoms with E-state index in [4.69, 9.17) is 9.15 Å². The summed E-state index contributed by atoms with van der Waals surface area (Å²) in [4.78, 5) is 14.5. The van der Waals surface area contributed by atoms with E-state index in [2.05, 4.69) is 22.0 Å². The molecule has 2 saturated heterocycles. The summed E-state index contributed by atoms with van der Waals surface area (Å²) >= 11 is 0. The number of amides is 1. The second-order valence-electron chi connectivity index (χ2n) is 6.99. The highest BCUT2D eigenvalue weighted by molar-refractivity contribution is 5.94. The zero-order valence-corrected chi connectivity index (χ0v) is 15.3. The number of aromatic nitrogens is 2. The van der Waals surface area contributed by atoms with Gasteiger partial charge in [-0.25, -0.2) is 0 Å². The summed E-state index contributed by atoms with van der Waals surface area (Å²) in [5, 5.41) is 8.52. The van der Waals surface area contributed by atoms with Crippen LogP contribution in [0.1, 0.15) is 61.4 Å². The molecule has 2 aliphatic rings. The topological polar surface area (TPSA) is 68.5 Å². The molecular weight excluding hydrogens is 342 g/mol. The Morgan fingerprint density at radius 1 is 1.04 bits per heavy atom. The molecule has 1 aromatic carbocycles. The van der Waals surface area contributed by atoms with Crippen LogP contribution < -0.4 is 0 Å². The van der Waals surface area contributed by atoms with Crippen molar-refractivity contribution in [2.75, 3.05) is 19.8 Å². The van der Waals surface area contributed by atoms with Gasteiger partial charge in [-0.15, -0.1) is 10.2 Å². The molecule has 0 radical (unpaired) electrons. The fourth-order valence-corrected chi connectivity index (χ4v) is 3.64. The number of benzene rings is 1. The molecule has 140 valence electrons. The van der Waals surface area contributed by atoms with Crippen LogP contribution >= 0.6 is 0 Å². The lowest BCUT2D eigenvalue weighted by Crippen LogP contribution is -2.38. The highest BCUT2D eigenvalue weighted by Crippen LogP contribution is 2.32. The molecule has 0 saturated carbocycles. The molecule has 0 spiro atoms. The molecule has 2 aromatic rings. The fraction of sp³-hybridized carbons (Fsp3) is 0.476. The number of carbonyl (C=O) groups is 1. The Kier molecular flexibility index (Phi) is 5.50. The third kappa shape index (κ3) is 4.20. The van der Waals surface area contributed by atoms with Gasteiger partial charge >= 0.3 is 0 Å². The third-order valence-electron chi connectivity index (χ3n) is 5.16. The van der Waals surface area contributed by atoms with Crippen molar-refractivity contribution in [3.63, 3.8) is 0 Å². The van der Waals surface area contributed by atoms with E-state index in [0.29, 0.717) is 18.3 Å². The van der Waals surface area contributed by atoms with Gasteiger partial charge in [0.25, 0.3) is 5.91 Å². The minimum Gasteiger partial charge on any atom is -0.423 e. The van der Waals surface area contributed by atoms with Crippen LogP contribution in [0.25, 0.3) is 0 Å². The average molecular weight is 365 g/mol. The molecule has 2 fully saturated rings. The Labute approximate surface area is 158 Å². The molecule has 3 heterocycles. The smallest absolute Gasteiger partial charge is 0.299 e. The molecule has 6 heteroatoms. The molecular formula is C21H23N3O3. The van der Waals surface area contributed by atoms with Gasteiger partial charge in [0.15, 0.2) is 0 Å². The SMILES string of the molecule is O=C(C#Cc1ccccc1)N1CCCC[C@@H]1c1nnc(C2CCOCC2)o1. The first-order valence-electron chi connectivity index (χ1n) is 9.60. The van der Waals surface area contributed by atoms with Crippen molar-refractivity contribution < 1.29 is 13.9 Å². The monoisotopic (exact) mass is 365 g/mol. The van der Waals surface area contributed by atoms with Crippen LogP contribution in [-0.4, -0.2) is 40.8 Å². The second-order valence-corrected chi connectivity index (χ2v) is 6.99. The number of piperidine rings is 1. The van der Waals surface area contributed by atoms with E-state index in [-0.39, 0.29) is 17.9 Å². The summed E-state index contributed by atoms with van der Waals surface area (Å²) in [7, 11) is 0. The lowest BCUT2D eigenvalue weighted by atomic mass is 10.0. The van der Waals surface area contributed by atoms with E-state index in [1.165, 1.54) is 0 Å². The van der Waals surface area contributed by atoms with Gasteiger partial charge in [-0.2, -0.15) is 0 Å².